The molecular formula is C24H20F2N6S. The summed E-state index contributed by atoms with van der Waals surface area (Å²) in [5.41, 5.74) is 3.71. The summed E-state index contributed by atoms with van der Waals surface area (Å²) in [5, 5.41) is 9.04. The molecule has 1 atom stereocenters. The van der Waals surface area contributed by atoms with Crippen molar-refractivity contribution >= 4 is 22.8 Å². The van der Waals surface area contributed by atoms with Crippen molar-refractivity contribution in [1.82, 2.24) is 29.3 Å². The molecule has 3 aromatic heterocycles. The van der Waals surface area contributed by atoms with E-state index in [1.807, 2.05) is 54.8 Å². The van der Waals surface area contributed by atoms with E-state index < -0.39 is 11.8 Å². The normalized spacial score (nSPS) is 12.5. The lowest BCUT2D eigenvalue weighted by molar-refractivity contribution is 0.0715. The topological polar surface area (TPSA) is 61.4 Å². The van der Waals surface area contributed by atoms with Crippen LogP contribution in [0.4, 0.5) is 8.78 Å². The van der Waals surface area contributed by atoms with Crippen molar-refractivity contribution in [2.45, 2.75) is 30.8 Å². The van der Waals surface area contributed by atoms with Crippen molar-refractivity contribution in [1.29, 1.82) is 0 Å². The summed E-state index contributed by atoms with van der Waals surface area (Å²) < 4.78 is 30.9. The van der Waals surface area contributed by atoms with Crippen molar-refractivity contribution in [3.05, 3.63) is 84.4 Å². The predicted octanol–water partition coefficient (Wildman–Crippen LogP) is 6.24. The fraction of sp³-hybridized carbons (Fsp3) is 0.167. The molecule has 33 heavy (non-hydrogen) atoms. The lowest BCUT2D eigenvalue weighted by Gasteiger charge is -2.16. The van der Waals surface area contributed by atoms with Crippen LogP contribution in [0.25, 0.3) is 28.1 Å². The predicted molar refractivity (Wildman–Crippen MR) is 125 cm³/mol. The number of hydrogen-bond acceptors (Lipinski definition) is 5. The fourth-order valence-corrected chi connectivity index (χ4v) is 4.79. The number of fused-ring (bicyclic) bond motifs is 1. The van der Waals surface area contributed by atoms with Crippen LogP contribution in [-0.4, -0.2) is 29.3 Å². The van der Waals surface area contributed by atoms with Gasteiger partial charge in [-0.3, -0.25) is 14.1 Å². The molecule has 0 N–H and O–H groups in total. The highest BCUT2D eigenvalue weighted by Crippen LogP contribution is 2.39. The first-order chi connectivity index (χ1) is 16.0. The van der Waals surface area contributed by atoms with E-state index in [1.165, 1.54) is 11.8 Å². The number of thioether (sulfide) groups is 1. The number of benzene rings is 2. The van der Waals surface area contributed by atoms with Gasteiger partial charge in [-0.25, -0.2) is 4.98 Å². The smallest absolute Gasteiger partial charge is 0.270 e. The van der Waals surface area contributed by atoms with E-state index in [4.69, 9.17) is 0 Å². The van der Waals surface area contributed by atoms with Gasteiger partial charge in [0.2, 0.25) is 0 Å². The van der Waals surface area contributed by atoms with Gasteiger partial charge in [0.1, 0.15) is 5.82 Å². The highest BCUT2D eigenvalue weighted by molar-refractivity contribution is 7.99. The number of para-hydroxylation sites is 3. The molecule has 166 valence electrons. The van der Waals surface area contributed by atoms with Gasteiger partial charge in [-0.05, 0) is 49.7 Å². The fourth-order valence-electron chi connectivity index (χ4n) is 3.83. The van der Waals surface area contributed by atoms with Crippen molar-refractivity contribution in [3.8, 4) is 17.1 Å². The van der Waals surface area contributed by atoms with Crippen LogP contribution in [0.3, 0.4) is 0 Å². The highest BCUT2D eigenvalue weighted by atomic mass is 32.2. The minimum atomic E-state index is -2.70. The molecule has 0 bridgehead atoms. The first-order valence-electron chi connectivity index (χ1n) is 10.4. The third-order valence-corrected chi connectivity index (χ3v) is 6.41. The van der Waals surface area contributed by atoms with Crippen LogP contribution in [0.1, 0.15) is 30.1 Å². The lowest BCUT2D eigenvalue weighted by Crippen LogP contribution is -2.07. The first-order valence-corrected chi connectivity index (χ1v) is 11.3. The van der Waals surface area contributed by atoms with Gasteiger partial charge in [-0.1, -0.05) is 42.1 Å². The number of alkyl halides is 2. The summed E-state index contributed by atoms with van der Waals surface area (Å²) in [6.45, 7) is 1.16. The molecule has 0 spiro atoms. The molecule has 0 aliphatic carbocycles. The number of rotatable bonds is 6. The average molecular weight is 463 g/mol. The Bertz CT molecular complexity index is 1410. The number of nitrogens with zero attached hydrogens (tertiary/aromatic N) is 6. The van der Waals surface area contributed by atoms with Crippen LogP contribution >= 0.6 is 11.8 Å². The number of aryl methyl sites for hydroxylation is 1. The molecular weight excluding hydrogens is 442 g/mol. The Balaban J connectivity index is 1.61. The standard InChI is InChI=1S/C24H20F2N6S/c1-15-8-3-5-11-19(15)32-22(17-9-7-13-27-14-17)29-30-24(32)33-16(2)21-28-18-10-4-6-12-20(18)31(21)23(25)26/h3-14,16,23H,1-2H3. The van der Waals surface area contributed by atoms with Gasteiger partial charge in [0.15, 0.2) is 11.0 Å². The molecule has 0 radical (unpaired) electrons. The van der Waals surface area contributed by atoms with Gasteiger partial charge in [0.25, 0.3) is 0 Å². The number of halogens is 2. The van der Waals surface area contributed by atoms with E-state index in [1.54, 1.807) is 36.7 Å². The second kappa shape index (κ2) is 8.74. The van der Waals surface area contributed by atoms with Gasteiger partial charge in [-0.15, -0.1) is 10.2 Å². The second-order valence-corrected chi connectivity index (χ2v) is 8.84. The molecule has 0 saturated heterocycles. The molecule has 1 unspecified atom stereocenters. The Labute approximate surface area is 193 Å². The zero-order valence-corrected chi connectivity index (χ0v) is 18.7. The Kier molecular flexibility index (Phi) is 5.63. The SMILES string of the molecule is Cc1ccccc1-n1c(SC(C)c2nc3ccccc3n2C(F)F)nnc1-c1cccnc1. The van der Waals surface area contributed by atoms with Crippen molar-refractivity contribution in [3.63, 3.8) is 0 Å². The Morgan fingerprint density at radius 2 is 1.73 bits per heavy atom. The minimum absolute atomic E-state index is 0.290. The van der Waals surface area contributed by atoms with Crippen molar-refractivity contribution in [2.24, 2.45) is 0 Å². The summed E-state index contributed by atoms with van der Waals surface area (Å²) >= 11 is 1.34. The van der Waals surface area contributed by atoms with Gasteiger partial charge in [0.05, 0.1) is 22.0 Å². The van der Waals surface area contributed by atoms with E-state index in [9.17, 15) is 8.78 Å². The zero-order chi connectivity index (χ0) is 22.9. The molecule has 6 nitrogen and oxygen atoms in total. The lowest BCUT2D eigenvalue weighted by atomic mass is 10.2. The number of pyridine rings is 1. The van der Waals surface area contributed by atoms with Crippen LogP contribution in [0.15, 0.2) is 78.2 Å². The summed E-state index contributed by atoms with van der Waals surface area (Å²) in [5.74, 6) is 0.924. The average Bonchev–Trinajstić information content (AvgIpc) is 3.42. The Morgan fingerprint density at radius 1 is 0.939 bits per heavy atom. The molecule has 0 amide bonds. The van der Waals surface area contributed by atoms with Gasteiger partial charge >= 0.3 is 6.55 Å². The van der Waals surface area contributed by atoms with Crippen LogP contribution in [0.5, 0.6) is 0 Å². The maximum absolute atomic E-state index is 14.0. The number of hydrogen-bond donors (Lipinski definition) is 0. The summed E-state index contributed by atoms with van der Waals surface area (Å²) in [6.07, 6.45) is 3.43. The quantitative estimate of drug-likeness (QED) is 0.280. The number of imidazole rings is 1. The van der Waals surface area contributed by atoms with E-state index >= 15 is 0 Å². The largest absolute Gasteiger partial charge is 0.320 e. The van der Waals surface area contributed by atoms with Crippen molar-refractivity contribution in [2.75, 3.05) is 0 Å². The van der Waals surface area contributed by atoms with Crippen LogP contribution in [0.2, 0.25) is 0 Å². The third-order valence-electron chi connectivity index (χ3n) is 5.37. The number of aromatic nitrogens is 6. The minimum Gasteiger partial charge on any atom is -0.270 e. The molecule has 0 saturated carbocycles. The molecule has 0 aliphatic heterocycles. The summed E-state index contributed by atoms with van der Waals surface area (Å²) in [4.78, 5) is 8.72. The van der Waals surface area contributed by atoms with E-state index in [-0.39, 0.29) is 0 Å². The van der Waals surface area contributed by atoms with Crippen molar-refractivity contribution < 1.29 is 8.78 Å². The molecule has 5 rings (SSSR count). The monoisotopic (exact) mass is 462 g/mol. The maximum atomic E-state index is 14.0. The maximum Gasteiger partial charge on any atom is 0.320 e. The molecule has 0 aliphatic rings. The van der Waals surface area contributed by atoms with E-state index in [0.717, 1.165) is 21.4 Å². The van der Waals surface area contributed by atoms with Crippen LogP contribution in [-0.2, 0) is 0 Å². The first kappa shape index (κ1) is 21.3. The summed E-state index contributed by atoms with van der Waals surface area (Å²) in [7, 11) is 0. The molecule has 9 heteroatoms. The zero-order valence-electron chi connectivity index (χ0n) is 17.9. The molecule has 3 heterocycles. The Hall–Kier alpha value is -3.59. The third kappa shape index (κ3) is 3.89. The summed E-state index contributed by atoms with van der Waals surface area (Å²) in [6, 6.07) is 18.6. The van der Waals surface area contributed by atoms with Crippen LogP contribution in [0, 0.1) is 6.92 Å². The second-order valence-electron chi connectivity index (χ2n) is 7.54. The van der Waals surface area contributed by atoms with E-state index in [0.29, 0.717) is 27.8 Å². The van der Waals surface area contributed by atoms with Gasteiger partial charge < -0.3 is 0 Å². The molecule has 2 aromatic carbocycles. The Morgan fingerprint density at radius 3 is 2.48 bits per heavy atom. The van der Waals surface area contributed by atoms with Gasteiger partial charge in [0, 0.05) is 18.0 Å². The molecule has 0 fully saturated rings. The molecule has 5 aromatic rings. The van der Waals surface area contributed by atoms with Gasteiger partial charge in [-0.2, -0.15) is 8.78 Å². The highest BCUT2D eigenvalue weighted by Gasteiger charge is 2.26. The van der Waals surface area contributed by atoms with E-state index in [2.05, 4.69) is 20.2 Å². The van der Waals surface area contributed by atoms with Crippen LogP contribution < -0.4 is 0 Å².